The van der Waals surface area contributed by atoms with Crippen LogP contribution in [-0.2, 0) is 10.8 Å². The normalized spacial score (nSPS) is 12.4. The Bertz CT molecular complexity index is 7420. The topological polar surface area (TPSA) is 119 Å². The molecule has 5 radical (unpaired) electrons. The predicted molar refractivity (Wildman–Crippen MR) is 490 cm³/mol. The molecule has 0 atom stereocenters. The zero-order valence-electron chi connectivity index (χ0n) is 67.8. The van der Waals surface area contributed by atoms with E-state index in [4.69, 9.17) is 29.9 Å². The van der Waals surface area contributed by atoms with Crippen LogP contribution in [0.4, 0.5) is 0 Å². The Morgan fingerprint density at radius 3 is 1.09 bits per heavy atom. The maximum absolute atomic E-state index is 11.1. The average molecular weight is 1520 g/mol. The average Bonchev–Trinajstić information content (AvgIpc) is 1.52. The van der Waals surface area contributed by atoms with E-state index in [1.54, 1.807) is 18.3 Å². The number of hydrogen-bond donors (Lipinski definition) is 0. The van der Waals surface area contributed by atoms with Gasteiger partial charge in [-0.05, 0) is 176 Å². The van der Waals surface area contributed by atoms with Crippen LogP contribution in [0.1, 0.15) is 49.9 Å². The molecule has 0 saturated carbocycles. The van der Waals surface area contributed by atoms with Gasteiger partial charge >= 0.3 is 37.7 Å². The summed E-state index contributed by atoms with van der Waals surface area (Å²) in [5.41, 5.74) is 20.0. The first kappa shape index (κ1) is 79.2. The zero-order chi connectivity index (χ0) is 79.0. The van der Waals surface area contributed by atoms with Crippen LogP contribution in [0, 0.1) is 7.43 Å². The number of aromatic nitrogens is 8. The second-order valence-corrected chi connectivity index (χ2v) is 31.0. The Kier molecular flexibility index (Phi) is 21.5. The molecule has 0 aliphatic heterocycles. The summed E-state index contributed by atoms with van der Waals surface area (Å²) < 4.78 is 2.47. The smallest absolute Gasteiger partial charge is 0.868 e. The molecule has 9 nitrogen and oxygen atoms in total. The van der Waals surface area contributed by atoms with Gasteiger partial charge in [-0.15, -0.1) is 0 Å². The van der Waals surface area contributed by atoms with Crippen LogP contribution in [0.3, 0.4) is 0 Å². The molecule has 555 valence electrons. The van der Waals surface area contributed by atoms with E-state index in [0.717, 1.165) is 51.5 Å². The summed E-state index contributed by atoms with van der Waals surface area (Å²) in [7, 11) is 10.0. The maximum Gasteiger partial charge on any atom is 1.00 e. The van der Waals surface area contributed by atoms with Crippen LogP contribution < -0.4 is 47.8 Å². The van der Waals surface area contributed by atoms with Gasteiger partial charge in [0.25, 0.3) is 0 Å². The number of aromatic amines is 1. The molecule has 4 aromatic heterocycles. The van der Waals surface area contributed by atoms with Crippen LogP contribution in [0.2, 0.25) is 0 Å². The van der Waals surface area contributed by atoms with Crippen molar-refractivity contribution in [2.75, 3.05) is 0 Å². The third-order valence-electron chi connectivity index (χ3n) is 23.5. The molecule has 23 rings (SSSR count). The quantitative estimate of drug-likeness (QED) is 0.0885. The number of nitrogens with zero attached hydrogens (tertiary/aromatic N) is 7. The molecule has 1 N–H and O–H groups in total. The van der Waals surface area contributed by atoms with Crippen molar-refractivity contribution in [2.45, 2.75) is 38.5 Å². The number of H-pyrrole nitrogens is 1. The Morgan fingerprint density at radius 2 is 0.642 bits per heavy atom. The standard InChI is InChI=1S/C54H36N4.C42H29N3.C9H7NO.CH3.B3.2Li/c1-54(2)47-32-45-40-25-12-10-23-38(40)37-22-9-11-24-39(37)44(45)31-46(47)42-28-29-43-41-26-13-14-27-48(41)58(50(43)49(42)54)36-21-15-20-35(30-36)53-56-51(33-16-5-3-6-17-33)55-52(57-53)34-18-7-4-8-19-34;1-42(2)37-23-28(41-44-39(26-13-5-3-6-14-26)43-40(45-41)27-15-7-4-8-16-27)21-22-33(37)36-24-34-31-19-11-9-17-29(31)30-18-10-12-20-32(30)35(34)25-38(36)42;11-8-5-1-3-7-4-2-6-10-9(7)8;;1-3-2;;/h3-32H,1-2H3;3-25H,1-2H3;1-6,11H;1H3;;;/q;;;-1;;2*+1. The molecule has 2 aliphatic carbocycles. The van der Waals surface area contributed by atoms with Crippen molar-refractivity contribution in [1.82, 2.24) is 34.5 Å². The van der Waals surface area contributed by atoms with Gasteiger partial charge in [-0.1, -0.05) is 313 Å². The molecule has 4 heterocycles. The van der Waals surface area contributed by atoms with Crippen molar-refractivity contribution in [1.29, 1.82) is 0 Å². The summed E-state index contributed by atoms with van der Waals surface area (Å²) in [4.78, 5) is 33.0. The molecular formula is C106H75B3Li2N8O+. The Labute approximate surface area is 724 Å². The SMILES string of the molecule is CC1(C)c2cc(-c3nc(-c4ccccc4)nc(-c4ccccc4)n3)ccc2-c2cc3c4ccccc4c4ccccc4c3cc21.CC1(C)c2cc3c4ccccc4c4ccccc4c3cc2-c2ccc3c4ccccc4n(-c4cccc(-c5nc(-c6ccccc6)nc(-c6ccccc6)n5)c4)c3c21.[B][B][B].[CH3-].[Li+].[Li+].[O-]c1cccc2ccc[nH+]c12. The molecule has 0 fully saturated rings. The van der Waals surface area contributed by atoms with Gasteiger partial charge in [-0.3, -0.25) is 0 Å². The van der Waals surface area contributed by atoms with Gasteiger partial charge in [-0.25, -0.2) is 34.9 Å². The second-order valence-electron chi connectivity index (χ2n) is 31.0. The zero-order valence-corrected chi connectivity index (χ0v) is 67.8. The minimum atomic E-state index is -0.280. The van der Waals surface area contributed by atoms with Gasteiger partial charge in [0.1, 0.15) is 0 Å². The first-order chi connectivity index (χ1) is 57.4. The van der Waals surface area contributed by atoms with E-state index < -0.39 is 0 Å². The van der Waals surface area contributed by atoms with Crippen LogP contribution >= 0.6 is 0 Å². The third-order valence-corrected chi connectivity index (χ3v) is 23.5. The van der Waals surface area contributed by atoms with Crippen LogP contribution in [0.5, 0.6) is 5.75 Å². The summed E-state index contributed by atoms with van der Waals surface area (Å²) in [6.45, 7) is 9.50. The fraction of sp³-hybridized carbons (Fsp3) is 0.0566. The number of hydrogen-bond acceptors (Lipinski definition) is 7. The van der Waals surface area contributed by atoms with E-state index in [-0.39, 0.29) is 61.7 Å². The first-order valence-electron chi connectivity index (χ1n) is 39.5. The number of rotatable bonds is 7. The fourth-order valence-electron chi connectivity index (χ4n) is 18.1. The monoisotopic (exact) mass is 1520 g/mol. The molecule has 17 aromatic carbocycles. The minimum Gasteiger partial charge on any atom is -0.868 e. The van der Waals surface area contributed by atoms with Gasteiger partial charge < -0.3 is 17.1 Å². The molecule has 21 aromatic rings. The summed E-state index contributed by atoms with van der Waals surface area (Å²) >= 11 is 0. The number of fused-ring (bicyclic) bond motifs is 23. The number of pyridine rings is 1. The van der Waals surface area contributed by atoms with Crippen molar-refractivity contribution in [3.63, 3.8) is 0 Å². The van der Waals surface area contributed by atoms with E-state index in [2.05, 4.69) is 301 Å². The molecule has 0 unspecified atom stereocenters. The summed E-state index contributed by atoms with van der Waals surface area (Å²) in [6, 6.07) is 124. The summed E-state index contributed by atoms with van der Waals surface area (Å²) in [5, 5.41) is 30.2. The van der Waals surface area contributed by atoms with E-state index in [0.29, 0.717) is 40.5 Å². The van der Waals surface area contributed by atoms with Crippen molar-refractivity contribution >= 4 is 120 Å². The first-order valence-corrected chi connectivity index (χ1v) is 39.5. The van der Waals surface area contributed by atoms with Crippen LogP contribution in [0.15, 0.2) is 358 Å². The predicted octanol–water partition coefficient (Wildman–Crippen LogP) is 18.4. The van der Waals surface area contributed by atoms with Crippen LogP contribution in [0.25, 0.3) is 194 Å². The van der Waals surface area contributed by atoms with E-state index >= 15 is 0 Å². The van der Waals surface area contributed by atoms with Crippen molar-refractivity contribution in [3.05, 3.63) is 388 Å². The number of benzene rings is 17. The molecular weight excluding hydrogens is 1450 g/mol. The second kappa shape index (κ2) is 32.6. The molecule has 0 amide bonds. The Balaban J connectivity index is 0.000000147. The molecule has 0 spiro atoms. The minimum absolute atomic E-state index is 0. The van der Waals surface area contributed by atoms with E-state index in [1.807, 2.05) is 91.0 Å². The summed E-state index contributed by atoms with van der Waals surface area (Å²) in [6.07, 6.45) is 1.75. The van der Waals surface area contributed by atoms with Gasteiger partial charge in [0.15, 0.2) is 41.1 Å². The van der Waals surface area contributed by atoms with Gasteiger partial charge in [0.2, 0.25) is 5.52 Å². The number of nitrogens with one attached hydrogen (secondary N) is 1. The Morgan fingerprint density at radius 1 is 0.300 bits per heavy atom. The fourth-order valence-corrected chi connectivity index (χ4v) is 18.1. The van der Waals surface area contributed by atoms with Crippen molar-refractivity contribution in [2.24, 2.45) is 0 Å². The molecule has 0 bridgehead atoms. The summed E-state index contributed by atoms with van der Waals surface area (Å²) in [5.74, 6) is 4.01. The van der Waals surface area contributed by atoms with Gasteiger partial charge in [-0.2, -0.15) is 0 Å². The molecule has 14 heteroatoms. The molecule has 2 aliphatic rings. The maximum atomic E-state index is 11.1. The van der Waals surface area contributed by atoms with Gasteiger partial charge in [0, 0.05) is 94.7 Å². The van der Waals surface area contributed by atoms with E-state index in [1.165, 1.54) is 131 Å². The molecule has 120 heavy (non-hydrogen) atoms. The molecule has 0 saturated heterocycles. The van der Waals surface area contributed by atoms with Crippen molar-refractivity contribution < 1.29 is 47.8 Å². The Hall–Kier alpha value is -13.3. The van der Waals surface area contributed by atoms with Crippen molar-refractivity contribution in [3.8, 4) is 102 Å². The third kappa shape index (κ3) is 13.7. The largest absolute Gasteiger partial charge is 1.00 e. The van der Waals surface area contributed by atoms with Gasteiger partial charge in [0.05, 0.1) is 11.0 Å². The van der Waals surface area contributed by atoms with Crippen LogP contribution in [-0.4, -0.2) is 57.0 Å². The van der Waals surface area contributed by atoms with E-state index in [9.17, 15) is 5.11 Å². The number of para-hydroxylation sites is 2.